The molecule has 2 aromatic rings. The summed E-state index contributed by atoms with van der Waals surface area (Å²) in [4.78, 5) is 19.4. The summed E-state index contributed by atoms with van der Waals surface area (Å²) in [6, 6.07) is 11.5. The first kappa shape index (κ1) is 15.9. The molecule has 1 heterocycles. The van der Waals surface area contributed by atoms with E-state index >= 15 is 0 Å². The second-order valence-electron chi connectivity index (χ2n) is 6.95. The fraction of sp³-hybridized carbons (Fsp3) is 0.400. The average Bonchev–Trinajstić information content (AvgIpc) is 3.37. The Morgan fingerprint density at radius 1 is 1.24 bits per heavy atom. The van der Waals surface area contributed by atoms with E-state index in [1.165, 1.54) is 0 Å². The van der Waals surface area contributed by atoms with E-state index in [1.54, 1.807) is 12.3 Å². The first-order chi connectivity index (χ1) is 12.1. The molecule has 1 aromatic carbocycles. The Morgan fingerprint density at radius 3 is 2.80 bits per heavy atom. The largest absolute Gasteiger partial charge is 0.508 e. The van der Waals surface area contributed by atoms with Crippen molar-refractivity contribution in [2.45, 2.75) is 50.7 Å². The molecule has 25 heavy (non-hydrogen) atoms. The smallest absolute Gasteiger partial charge is 0.318 e. The molecule has 4 rings (SSSR count). The van der Waals surface area contributed by atoms with Crippen molar-refractivity contribution in [3.8, 4) is 5.75 Å². The van der Waals surface area contributed by atoms with Crippen molar-refractivity contribution < 1.29 is 9.90 Å². The molecular formula is C20H23N3O2. The third-order valence-electron chi connectivity index (χ3n) is 5.25. The molecule has 2 amide bonds. The molecule has 0 spiro atoms. The molecule has 0 radical (unpaired) electrons. The van der Waals surface area contributed by atoms with Gasteiger partial charge in [0.05, 0.1) is 17.8 Å². The molecule has 1 fully saturated rings. The minimum absolute atomic E-state index is 0.0354. The van der Waals surface area contributed by atoms with E-state index in [0.29, 0.717) is 11.8 Å². The van der Waals surface area contributed by atoms with Gasteiger partial charge in [0, 0.05) is 12.2 Å². The molecule has 0 bridgehead atoms. The van der Waals surface area contributed by atoms with Crippen LogP contribution in [0.25, 0.3) is 0 Å². The molecule has 0 saturated heterocycles. The van der Waals surface area contributed by atoms with E-state index in [9.17, 15) is 9.90 Å². The van der Waals surface area contributed by atoms with Crippen LogP contribution in [0.15, 0.2) is 42.6 Å². The number of hydrogen-bond acceptors (Lipinski definition) is 3. The third-order valence-corrected chi connectivity index (χ3v) is 5.25. The van der Waals surface area contributed by atoms with Crippen molar-refractivity contribution >= 4 is 6.03 Å². The van der Waals surface area contributed by atoms with Crippen LogP contribution in [-0.4, -0.2) is 27.1 Å². The van der Waals surface area contributed by atoms with E-state index in [0.717, 1.165) is 42.5 Å². The highest BCUT2D eigenvalue weighted by atomic mass is 16.3. The Bertz CT molecular complexity index is 774. The third kappa shape index (κ3) is 3.06. The summed E-state index contributed by atoms with van der Waals surface area (Å²) in [7, 11) is 0. The van der Waals surface area contributed by atoms with Gasteiger partial charge in [0.15, 0.2) is 0 Å². The van der Waals surface area contributed by atoms with E-state index < -0.39 is 0 Å². The number of hydrogen-bond donors (Lipinski definition) is 2. The number of phenolic OH excluding ortho intramolecular Hbond substituents is 1. The highest BCUT2D eigenvalue weighted by molar-refractivity contribution is 5.76. The number of phenols is 1. The normalized spacial score (nSPS) is 20.0. The van der Waals surface area contributed by atoms with E-state index in [1.807, 2.05) is 42.2 Å². The van der Waals surface area contributed by atoms with Gasteiger partial charge in [0.2, 0.25) is 0 Å². The van der Waals surface area contributed by atoms with Crippen molar-refractivity contribution in [3.05, 3.63) is 59.4 Å². The SMILES string of the molecule is C[C@@H](c1ccccn1)N(C(=O)N[C@H]1CCc2c(O)cccc21)C1CC1. The van der Waals surface area contributed by atoms with Crippen LogP contribution in [0, 0.1) is 0 Å². The maximum atomic E-state index is 13.0. The van der Waals surface area contributed by atoms with Gasteiger partial charge in [0.25, 0.3) is 0 Å². The fourth-order valence-corrected chi connectivity index (χ4v) is 3.78. The van der Waals surface area contributed by atoms with Crippen LogP contribution in [0.1, 0.15) is 55.1 Å². The number of pyridine rings is 1. The van der Waals surface area contributed by atoms with Crippen LogP contribution in [0.4, 0.5) is 4.79 Å². The molecule has 0 unspecified atom stereocenters. The number of nitrogens with one attached hydrogen (secondary N) is 1. The number of carbonyl (C=O) groups is 1. The highest BCUT2D eigenvalue weighted by Gasteiger charge is 2.38. The molecule has 1 aromatic heterocycles. The van der Waals surface area contributed by atoms with Crippen molar-refractivity contribution in [2.24, 2.45) is 0 Å². The summed E-state index contributed by atoms with van der Waals surface area (Å²) < 4.78 is 0. The number of urea groups is 1. The summed E-state index contributed by atoms with van der Waals surface area (Å²) in [5.41, 5.74) is 2.91. The number of carbonyl (C=O) groups excluding carboxylic acids is 1. The maximum Gasteiger partial charge on any atom is 0.318 e. The summed E-state index contributed by atoms with van der Waals surface area (Å²) in [6.07, 6.45) is 5.49. The Balaban J connectivity index is 1.53. The Kier molecular flexibility index (Phi) is 4.07. The zero-order chi connectivity index (χ0) is 17.4. The first-order valence-electron chi connectivity index (χ1n) is 8.95. The molecule has 2 aliphatic carbocycles. The molecule has 2 atom stereocenters. The van der Waals surface area contributed by atoms with Crippen LogP contribution >= 0.6 is 0 Å². The Hall–Kier alpha value is -2.56. The van der Waals surface area contributed by atoms with Gasteiger partial charge >= 0.3 is 6.03 Å². The molecular weight excluding hydrogens is 314 g/mol. The molecule has 5 nitrogen and oxygen atoms in total. The lowest BCUT2D eigenvalue weighted by molar-refractivity contribution is 0.170. The van der Waals surface area contributed by atoms with Gasteiger partial charge in [-0.05, 0) is 61.9 Å². The van der Waals surface area contributed by atoms with Gasteiger partial charge in [-0.15, -0.1) is 0 Å². The number of aromatic nitrogens is 1. The van der Waals surface area contributed by atoms with Crippen molar-refractivity contribution in [1.82, 2.24) is 15.2 Å². The maximum absolute atomic E-state index is 13.0. The zero-order valence-electron chi connectivity index (χ0n) is 14.4. The van der Waals surface area contributed by atoms with Gasteiger partial charge in [-0.3, -0.25) is 4.98 Å². The lowest BCUT2D eigenvalue weighted by atomic mass is 10.1. The molecule has 130 valence electrons. The number of rotatable bonds is 4. The molecule has 5 heteroatoms. The average molecular weight is 337 g/mol. The number of nitrogens with zero attached hydrogens (tertiary/aromatic N) is 2. The van der Waals surface area contributed by atoms with Crippen LogP contribution in [-0.2, 0) is 6.42 Å². The number of amides is 2. The summed E-state index contributed by atoms with van der Waals surface area (Å²) >= 11 is 0. The lowest BCUT2D eigenvalue weighted by Crippen LogP contribution is -2.44. The topological polar surface area (TPSA) is 65.5 Å². The number of aromatic hydroxyl groups is 1. The van der Waals surface area contributed by atoms with Gasteiger partial charge in [-0.2, -0.15) is 0 Å². The van der Waals surface area contributed by atoms with Gasteiger partial charge in [-0.25, -0.2) is 4.79 Å². The Labute approximate surface area is 147 Å². The second kappa shape index (κ2) is 6.39. The Morgan fingerprint density at radius 2 is 2.08 bits per heavy atom. The van der Waals surface area contributed by atoms with Crippen molar-refractivity contribution in [2.75, 3.05) is 0 Å². The van der Waals surface area contributed by atoms with Crippen LogP contribution in [0.5, 0.6) is 5.75 Å². The lowest BCUT2D eigenvalue weighted by Gasteiger charge is -2.30. The van der Waals surface area contributed by atoms with Gasteiger partial charge in [0.1, 0.15) is 5.75 Å². The summed E-state index contributed by atoms with van der Waals surface area (Å²) in [6.45, 7) is 2.04. The molecule has 2 aliphatic rings. The quantitative estimate of drug-likeness (QED) is 0.894. The molecule has 2 N–H and O–H groups in total. The van der Waals surface area contributed by atoms with E-state index in [2.05, 4.69) is 10.3 Å². The molecule has 1 saturated carbocycles. The molecule has 0 aliphatic heterocycles. The minimum atomic E-state index is -0.0567. The predicted molar refractivity (Wildman–Crippen MR) is 95.2 cm³/mol. The standard InChI is InChI=1S/C20H23N3O2/c1-13(17-6-2-3-12-21-17)23(14-8-9-14)20(25)22-18-11-10-16-15(18)5-4-7-19(16)24/h2-7,12-14,18,24H,8-11H2,1H3,(H,22,25)/t13-,18-/m0/s1. The van der Waals surface area contributed by atoms with E-state index in [-0.39, 0.29) is 18.1 Å². The van der Waals surface area contributed by atoms with Crippen LogP contribution < -0.4 is 5.32 Å². The monoisotopic (exact) mass is 337 g/mol. The number of benzene rings is 1. The second-order valence-corrected chi connectivity index (χ2v) is 6.95. The number of fused-ring (bicyclic) bond motifs is 1. The minimum Gasteiger partial charge on any atom is -0.508 e. The van der Waals surface area contributed by atoms with Crippen LogP contribution in [0.3, 0.4) is 0 Å². The first-order valence-corrected chi connectivity index (χ1v) is 8.95. The summed E-state index contributed by atoms with van der Waals surface area (Å²) in [5.74, 6) is 0.329. The highest BCUT2D eigenvalue weighted by Crippen LogP contribution is 2.38. The van der Waals surface area contributed by atoms with Gasteiger partial charge < -0.3 is 15.3 Å². The van der Waals surface area contributed by atoms with Crippen molar-refractivity contribution in [1.29, 1.82) is 0 Å². The zero-order valence-corrected chi connectivity index (χ0v) is 14.4. The van der Waals surface area contributed by atoms with Gasteiger partial charge in [-0.1, -0.05) is 18.2 Å². The summed E-state index contributed by atoms with van der Waals surface area (Å²) in [5, 5.41) is 13.2. The fourth-order valence-electron chi connectivity index (χ4n) is 3.78. The van der Waals surface area contributed by atoms with Crippen LogP contribution in [0.2, 0.25) is 0 Å². The van der Waals surface area contributed by atoms with Crippen molar-refractivity contribution in [3.63, 3.8) is 0 Å². The predicted octanol–water partition coefficient (Wildman–Crippen LogP) is 3.71. The van der Waals surface area contributed by atoms with E-state index in [4.69, 9.17) is 0 Å².